The van der Waals surface area contributed by atoms with Gasteiger partial charge in [-0.25, -0.2) is 0 Å². The molecule has 3 heterocycles. The molecule has 266 valence electrons. The predicted molar refractivity (Wildman–Crippen MR) is 192 cm³/mol. The van der Waals surface area contributed by atoms with Gasteiger partial charge in [0, 0.05) is 64.3 Å². The smallest absolute Gasteiger partial charge is 0.222 e. The first kappa shape index (κ1) is 42.2. The van der Waals surface area contributed by atoms with Crippen molar-refractivity contribution in [1.82, 2.24) is 14.7 Å². The van der Waals surface area contributed by atoms with Gasteiger partial charge in [0.1, 0.15) is 0 Å². The van der Waals surface area contributed by atoms with E-state index in [4.69, 9.17) is 5.26 Å². The van der Waals surface area contributed by atoms with Crippen molar-refractivity contribution in [3.8, 4) is 6.07 Å². The molecule has 0 radical (unpaired) electrons. The summed E-state index contributed by atoms with van der Waals surface area (Å²) in [6.07, 6.45) is 20.7. The number of hydrogen-bond donors (Lipinski definition) is 1. The van der Waals surface area contributed by atoms with E-state index in [9.17, 15) is 19.5 Å². The Labute approximate surface area is 286 Å². The predicted octanol–water partition coefficient (Wildman–Crippen LogP) is 7.58. The molecule has 0 saturated carbocycles. The highest BCUT2D eigenvalue weighted by molar-refractivity contribution is 7.99. The van der Waals surface area contributed by atoms with E-state index in [1.165, 1.54) is 70.0 Å². The van der Waals surface area contributed by atoms with Gasteiger partial charge in [-0.15, -0.1) is 0 Å². The van der Waals surface area contributed by atoms with Crippen LogP contribution in [0.2, 0.25) is 0 Å². The molecular formula is C37H68N4O4S. The normalized spacial score (nSPS) is 16.8. The molecule has 3 amide bonds. The molecule has 0 atom stereocenters. The molecule has 1 N–H and O–H groups in total. The summed E-state index contributed by atoms with van der Waals surface area (Å²) >= 11 is 2.03. The lowest BCUT2D eigenvalue weighted by molar-refractivity contribution is -0.128. The van der Waals surface area contributed by atoms with Crippen LogP contribution < -0.4 is 0 Å². The molecule has 3 rings (SSSR count). The van der Waals surface area contributed by atoms with Crippen LogP contribution in [0.3, 0.4) is 0 Å². The van der Waals surface area contributed by atoms with Gasteiger partial charge >= 0.3 is 0 Å². The van der Waals surface area contributed by atoms with Crippen LogP contribution in [-0.2, 0) is 14.4 Å². The number of amides is 3. The van der Waals surface area contributed by atoms with Crippen LogP contribution in [0.15, 0.2) is 0 Å². The molecule has 46 heavy (non-hydrogen) atoms. The summed E-state index contributed by atoms with van der Waals surface area (Å²) in [5, 5.41) is 18.2. The molecule has 8 nitrogen and oxygen atoms in total. The SMILES string of the molecule is CC(C)(C#N)CCN1CCCC1=O.CC(C)(O)CCN1CCCC1=O.CCCCCCCCCCCCSCCN1CCCC1=O. The molecule has 3 saturated heterocycles. The molecule has 0 aromatic carbocycles. The van der Waals surface area contributed by atoms with Gasteiger partial charge in [0.05, 0.1) is 17.1 Å². The average molecular weight is 665 g/mol. The Morgan fingerprint density at radius 2 is 1.07 bits per heavy atom. The van der Waals surface area contributed by atoms with Crippen molar-refractivity contribution in [2.45, 2.75) is 156 Å². The molecule has 0 aromatic rings. The third-order valence-corrected chi connectivity index (χ3v) is 10.0. The van der Waals surface area contributed by atoms with Crippen LogP contribution in [0.25, 0.3) is 0 Å². The monoisotopic (exact) mass is 664 g/mol. The summed E-state index contributed by atoms with van der Waals surface area (Å²) in [5.41, 5.74) is -0.953. The zero-order valence-corrected chi connectivity index (χ0v) is 31.1. The first-order valence-corrected chi connectivity index (χ1v) is 19.6. The minimum absolute atomic E-state index is 0.235. The number of hydrogen-bond acceptors (Lipinski definition) is 6. The highest BCUT2D eigenvalue weighted by atomic mass is 32.2. The molecule has 0 unspecified atom stereocenters. The van der Waals surface area contributed by atoms with Gasteiger partial charge in [-0.2, -0.15) is 17.0 Å². The lowest BCUT2D eigenvalue weighted by Crippen LogP contribution is -2.31. The molecule has 0 bridgehead atoms. The number of likely N-dealkylation sites (tertiary alicyclic amines) is 3. The zero-order chi connectivity index (χ0) is 34.3. The summed E-state index contributed by atoms with van der Waals surface area (Å²) in [4.78, 5) is 39.5. The number of thioether (sulfide) groups is 1. The Hall–Kier alpha value is -1.79. The molecule has 0 aliphatic carbocycles. The Balaban J connectivity index is 0.000000365. The second-order valence-electron chi connectivity index (χ2n) is 14.6. The molecule has 3 fully saturated rings. The van der Waals surface area contributed by atoms with E-state index in [-0.39, 0.29) is 17.2 Å². The zero-order valence-electron chi connectivity index (χ0n) is 30.3. The van der Waals surface area contributed by atoms with Crippen molar-refractivity contribution < 1.29 is 19.5 Å². The van der Waals surface area contributed by atoms with Gasteiger partial charge in [-0.3, -0.25) is 14.4 Å². The van der Waals surface area contributed by atoms with Gasteiger partial charge in [0.25, 0.3) is 0 Å². The molecule has 3 aliphatic rings. The van der Waals surface area contributed by atoms with Crippen molar-refractivity contribution in [3.05, 3.63) is 0 Å². The third-order valence-electron chi connectivity index (χ3n) is 8.96. The lowest BCUT2D eigenvalue weighted by atomic mass is 9.91. The van der Waals surface area contributed by atoms with Gasteiger partial charge in [0.15, 0.2) is 0 Å². The van der Waals surface area contributed by atoms with Crippen molar-refractivity contribution in [3.63, 3.8) is 0 Å². The average Bonchev–Trinajstić information content (AvgIpc) is 3.74. The van der Waals surface area contributed by atoms with Gasteiger partial charge in [-0.1, -0.05) is 64.7 Å². The minimum atomic E-state index is -0.650. The standard InChI is InChI=1S/C18H35NOS.C10H16N2O.C9H17NO2/c1-2-3-4-5-6-7-8-9-10-11-16-21-17-15-19-14-12-13-18(19)20;1-10(2,8-11)5-7-12-6-3-4-9(12)13;1-9(2,12)5-7-10-6-3-4-8(10)11/h2-17H2,1H3;3-7H2,1-2H3;12H,3-7H2,1-2H3. The number of aliphatic hydroxyl groups is 1. The quantitative estimate of drug-likeness (QED) is 0.135. The fraction of sp³-hybridized carbons (Fsp3) is 0.892. The molecule has 3 aliphatic heterocycles. The summed E-state index contributed by atoms with van der Waals surface area (Å²) < 4.78 is 0. The van der Waals surface area contributed by atoms with E-state index in [0.717, 1.165) is 70.6 Å². The largest absolute Gasteiger partial charge is 0.390 e. The summed E-state index contributed by atoms with van der Waals surface area (Å²) in [5.74, 6) is 3.25. The van der Waals surface area contributed by atoms with E-state index in [1.54, 1.807) is 13.8 Å². The Morgan fingerprint density at radius 3 is 1.46 bits per heavy atom. The maximum atomic E-state index is 11.4. The molecule has 0 aromatic heterocycles. The van der Waals surface area contributed by atoms with Crippen LogP contribution >= 0.6 is 11.8 Å². The Kier molecular flexibility index (Phi) is 22.4. The second-order valence-corrected chi connectivity index (χ2v) is 15.8. The summed E-state index contributed by atoms with van der Waals surface area (Å²) in [6.45, 7) is 14.8. The third kappa shape index (κ3) is 21.2. The Bertz CT molecular complexity index is 899. The summed E-state index contributed by atoms with van der Waals surface area (Å²) in [6, 6.07) is 2.24. The van der Waals surface area contributed by atoms with Crippen LogP contribution in [-0.4, -0.2) is 93.9 Å². The highest BCUT2D eigenvalue weighted by Gasteiger charge is 2.24. The molecule has 0 spiro atoms. The van der Waals surface area contributed by atoms with E-state index < -0.39 is 5.60 Å². The number of carbonyl (C=O) groups is 3. The number of rotatable bonds is 20. The van der Waals surface area contributed by atoms with Crippen molar-refractivity contribution >= 4 is 29.5 Å². The fourth-order valence-corrected chi connectivity index (χ4v) is 6.63. The van der Waals surface area contributed by atoms with Crippen LogP contribution in [0.4, 0.5) is 0 Å². The lowest BCUT2D eigenvalue weighted by Gasteiger charge is -2.22. The number of nitriles is 1. The molecular weight excluding hydrogens is 596 g/mol. The number of nitrogens with zero attached hydrogens (tertiary/aromatic N) is 4. The first-order chi connectivity index (χ1) is 21.9. The van der Waals surface area contributed by atoms with Crippen molar-refractivity contribution in [2.75, 3.05) is 50.8 Å². The second kappa shape index (κ2) is 24.4. The maximum absolute atomic E-state index is 11.4. The molecule has 9 heteroatoms. The maximum Gasteiger partial charge on any atom is 0.222 e. The van der Waals surface area contributed by atoms with Gasteiger partial charge < -0.3 is 19.8 Å². The van der Waals surface area contributed by atoms with Crippen molar-refractivity contribution in [1.29, 1.82) is 5.26 Å². The van der Waals surface area contributed by atoms with E-state index in [1.807, 2.05) is 40.3 Å². The summed E-state index contributed by atoms with van der Waals surface area (Å²) in [7, 11) is 0. The van der Waals surface area contributed by atoms with Gasteiger partial charge in [-0.05, 0) is 72.0 Å². The highest BCUT2D eigenvalue weighted by Crippen LogP contribution is 2.21. The van der Waals surface area contributed by atoms with Crippen LogP contribution in [0, 0.1) is 16.7 Å². The van der Waals surface area contributed by atoms with Crippen LogP contribution in [0.5, 0.6) is 0 Å². The van der Waals surface area contributed by atoms with E-state index in [0.29, 0.717) is 31.7 Å². The topological polar surface area (TPSA) is 105 Å². The first-order valence-electron chi connectivity index (χ1n) is 18.4. The fourth-order valence-electron chi connectivity index (χ4n) is 5.67. The number of carbonyl (C=O) groups excluding carboxylic acids is 3. The van der Waals surface area contributed by atoms with E-state index >= 15 is 0 Å². The van der Waals surface area contributed by atoms with Gasteiger partial charge in [0.2, 0.25) is 17.7 Å². The Morgan fingerprint density at radius 1 is 0.652 bits per heavy atom. The van der Waals surface area contributed by atoms with E-state index in [2.05, 4.69) is 13.0 Å². The minimum Gasteiger partial charge on any atom is -0.390 e. The number of unbranched alkanes of at least 4 members (excludes halogenated alkanes) is 9. The van der Waals surface area contributed by atoms with Crippen LogP contribution in [0.1, 0.15) is 150 Å². The van der Waals surface area contributed by atoms with Crippen molar-refractivity contribution in [2.24, 2.45) is 5.41 Å².